The molecular formula is C24H23F3N4O2. The number of aryl methyl sites for hydroxylation is 3. The Morgan fingerprint density at radius 3 is 2.39 bits per heavy atom. The first-order valence-corrected chi connectivity index (χ1v) is 10.1. The number of hydrazone groups is 1. The van der Waals surface area contributed by atoms with Gasteiger partial charge in [0.1, 0.15) is 0 Å². The zero-order valence-electron chi connectivity index (χ0n) is 18.5. The Hall–Kier alpha value is -3.88. The minimum Gasteiger partial charge on any atom is -0.318 e. The van der Waals surface area contributed by atoms with Crippen LogP contribution >= 0.6 is 0 Å². The molecule has 0 radical (unpaired) electrons. The maximum Gasteiger partial charge on any atom is 0.416 e. The number of alkyl halides is 3. The van der Waals surface area contributed by atoms with Gasteiger partial charge in [-0.1, -0.05) is 18.2 Å². The number of carbonyl (C=O) groups excluding carboxylic acids is 2. The number of halogens is 3. The van der Waals surface area contributed by atoms with Crippen LogP contribution in [0, 0.1) is 27.7 Å². The van der Waals surface area contributed by atoms with Gasteiger partial charge in [0.05, 0.1) is 11.8 Å². The summed E-state index contributed by atoms with van der Waals surface area (Å²) in [5, 5.41) is 5.96. The smallest absolute Gasteiger partial charge is 0.318 e. The molecule has 0 saturated heterocycles. The van der Waals surface area contributed by atoms with E-state index in [1.165, 1.54) is 12.3 Å². The summed E-state index contributed by atoms with van der Waals surface area (Å²) in [6.07, 6.45) is -3.14. The van der Waals surface area contributed by atoms with Gasteiger partial charge in [0, 0.05) is 28.3 Å². The predicted octanol–water partition coefficient (Wildman–Crippen LogP) is 4.82. The number of aromatic nitrogens is 1. The highest BCUT2D eigenvalue weighted by Crippen LogP contribution is 2.30. The number of amides is 2. The van der Waals surface area contributed by atoms with E-state index < -0.39 is 23.6 Å². The average Bonchev–Trinajstić information content (AvgIpc) is 3.02. The van der Waals surface area contributed by atoms with E-state index in [4.69, 9.17) is 0 Å². The molecule has 33 heavy (non-hydrogen) atoms. The first-order chi connectivity index (χ1) is 15.5. The SMILES string of the molecule is Cc1ccc(C)c(-n2c(C)cc(/C=N\NC(=O)C(=O)Nc3cccc(C(F)(F)F)c3)c2C)c1. The Balaban J connectivity index is 1.70. The highest BCUT2D eigenvalue weighted by atomic mass is 19.4. The van der Waals surface area contributed by atoms with E-state index in [2.05, 4.69) is 26.5 Å². The number of rotatable bonds is 4. The summed E-state index contributed by atoms with van der Waals surface area (Å²) in [7, 11) is 0. The van der Waals surface area contributed by atoms with Crippen molar-refractivity contribution in [3.8, 4) is 5.69 Å². The number of hydrogen-bond donors (Lipinski definition) is 2. The van der Waals surface area contributed by atoms with Crippen LogP contribution in [0.3, 0.4) is 0 Å². The molecule has 172 valence electrons. The lowest BCUT2D eigenvalue weighted by atomic mass is 10.1. The van der Waals surface area contributed by atoms with Gasteiger partial charge in [-0.2, -0.15) is 18.3 Å². The normalized spacial score (nSPS) is 11.6. The van der Waals surface area contributed by atoms with Crippen LogP contribution in [0.25, 0.3) is 5.69 Å². The molecule has 3 aromatic rings. The van der Waals surface area contributed by atoms with Crippen LogP contribution in [0.1, 0.15) is 33.6 Å². The summed E-state index contributed by atoms with van der Waals surface area (Å²) in [6, 6.07) is 12.1. The molecule has 0 aliphatic carbocycles. The van der Waals surface area contributed by atoms with Crippen LogP contribution < -0.4 is 10.7 Å². The molecule has 0 atom stereocenters. The maximum absolute atomic E-state index is 12.8. The molecule has 0 bridgehead atoms. The summed E-state index contributed by atoms with van der Waals surface area (Å²) in [4.78, 5) is 24.0. The van der Waals surface area contributed by atoms with E-state index in [1.54, 1.807) is 0 Å². The second-order valence-electron chi connectivity index (χ2n) is 7.68. The third-order valence-electron chi connectivity index (χ3n) is 5.10. The number of nitrogens with one attached hydrogen (secondary N) is 2. The summed E-state index contributed by atoms with van der Waals surface area (Å²) in [5.41, 5.74) is 6.89. The fourth-order valence-electron chi connectivity index (χ4n) is 3.42. The first-order valence-electron chi connectivity index (χ1n) is 10.1. The zero-order valence-corrected chi connectivity index (χ0v) is 18.5. The molecule has 3 rings (SSSR count). The number of carbonyl (C=O) groups is 2. The van der Waals surface area contributed by atoms with Crippen LogP contribution in [0.2, 0.25) is 0 Å². The maximum atomic E-state index is 12.8. The zero-order chi connectivity index (χ0) is 24.3. The second kappa shape index (κ2) is 9.32. The van der Waals surface area contributed by atoms with Crippen LogP contribution in [0.4, 0.5) is 18.9 Å². The van der Waals surface area contributed by atoms with Gasteiger partial charge in [0.15, 0.2) is 0 Å². The van der Waals surface area contributed by atoms with Gasteiger partial charge >= 0.3 is 18.0 Å². The molecule has 1 aromatic heterocycles. The van der Waals surface area contributed by atoms with Crippen LogP contribution in [-0.2, 0) is 15.8 Å². The molecule has 6 nitrogen and oxygen atoms in total. The van der Waals surface area contributed by atoms with Gasteiger partial charge < -0.3 is 9.88 Å². The molecule has 1 heterocycles. The predicted molar refractivity (Wildman–Crippen MR) is 121 cm³/mol. The van der Waals surface area contributed by atoms with E-state index in [0.717, 1.165) is 52.0 Å². The quantitative estimate of drug-likeness (QED) is 0.336. The van der Waals surface area contributed by atoms with E-state index in [1.807, 2.05) is 45.9 Å². The summed E-state index contributed by atoms with van der Waals surface area (Å²) < 4.78 is 40.5. The fourth-order valence-corrected chi connectivity index (χ4v) is 3.42. The minimum absolute atomic E-state index is 0.147. The van der Waals surface area contributed by atoms with Crippen LogP contribution in [0.5, 0.6) is 0 Å². The van der Waals surface area contributed by atoms with Crippen molar-refractivity contribution in [2.75, 3.05) is 5.32 Å². The molecule has 2 N–H and O–H groups in total. The van der Waals surface area contributed by atoms with Crippen molar-refractivity contribution < 1.29 is 22.8 Å². The molecular weight excluding hydrogens is 433 g/mol. The van der Waals surface area contributed by atoms with Crippen molar-refractivity contribution in [2.45, 2.75) is 33.9 Å². The standard InChI is InChI=1S/C24H23F3N4O2/c1-14-8-9-15(2)21(10-14)31-16(3)11-18(17(31)4)13-28-30-23(33)22(32)29-20-7-5-6-19(12-20)24(25,26)27/h5-13H,1-4H3,(H,29,32)(H,30,33)/b28-13-. The molecule has 0 saturated carbocycles. The highest BCUT2D eigenvalue weighted by molar-refractivity contribution is 6.39. The summed E-state index contributed by atoms with van der Waals surface area (Å²) >= 11 is 0. The van der Waals surface area contributed by atoms with Crippen molar-refractivity contribution in [3.63, 3.8) is 0 Å². The number of hydrogen-bond acceptors (Lipinski definition) is 3. The minimum atomic E-state index is -4.56. The van der Waals surface area contributed by atoms with Crippen molar-refractivity contribution in [3.05, 3.63) is 82.2 Å². The van der Waals surface area contributed by atoms with Crippen LogP contribution in [-0.4, -0.2) is 22.6 Å². The highest BCUT2D eigenvalue weighted by Gasteiger charge is 2.30. The van der Waals surface area contributed by atoms with Gasteiger partial charge in [0.2, 0.25) is 0 Å². The van der Waals surface area contributed by atoms with Gasteiger partial charge in [-0.05, 0) is 69.2 Å². The number of nitrogens with zero attached hydrogens (tertiary/aromatic N) is 2. The topological polar surface area (TPSA) is 75.5 Å². The van der Waals surface area contributed by atoms with Gasteiger partial charge in [-0.15, -0.1) is 0 Å². The molecule has 2 amide bonds. The lowest BCUT2D eigenvalue weighted by Crippen LogP contribution is -2.32. The van der Waals surface area contributed by atoms with Crippen molar-refractivity contribution in [2.24, 2.45) is 5.10 Å². The van der Waals surface area contributed by atoms with Gasteiger partial charge in [-0.3, -0.25) is 9.59 Å². The van der Waals surface area contributed by atoms with Gasteiger partial charge in [-0.25, -0.2) is 5.43 Å². The van der Waals surface area contributed by atoms with E-state index in [0.29, 0.717) is 0 Å². The Labute approximate surface area is 189 Å². The Morgan fingerprint density at radius 2 is 1.70 bits per heavy atom. The lowest BCUT2D eigenvalue weighted by molar-refractivity contribution is -0.137. The van der Waals surface area contributed by atoms with Crippen molar-refractivity contribution in [1.82, 2.24) is 9.99 Å². The molecule has 0 aliphatic heterocycles. The number of anilines is 1. The average molecular weight is 456 g/mol. The fraction of sp³-hybridized carbons (Fsp3) is 0.208. The van der Waals surface area contributed by atoms with Crippen molar-refractivity contribution >= 4 is 23.7 Å². The molecule has 2 aromatic carbocycles. The Bertz CT molecular complexity index is 1240. The summed E-state index contributed by atoms with van der Waals surface area (Å²) in [5.74, 6) is -2.24. The first kappa shape index (κ1) is 23.8. The Kier molecular flexibility index (Phi) is 6.71. The third kappa shape index (κ3) is 5.49. The van der Waals surface area contributed by atoms with E-state index in [-0.39, 0.29) is 5.69 Å². The molecule has 0 fully saturated rings. The lowest BCUT2D eigenvalue weighted by Gasteiger charge is -2.13. The van der Waals surface area contributed by atoms with Crippen molar-refractivity contribution in [1.29, 1.82) is 0 Å². The van der Waals surface area contributed by atoms with E-state index >= 15 is 0 Å². The Morgan fingerprint density at radius 1 is 0.970 bits per heavy atom. The molecule has 0 aliphatic rings. The monoisotopic (exact) mass is 456 g/mol. The molecule has 9 heteroatoms. The van der Waals surface area contributed by atoms with E-state index in [9.17, 15) is 22.8 Å². The number of benzene rings is 2. The molecule has 0 unspecified atom stereocenters. The largest absolute Gasteiger partial charge is 0.416 e. The third-order valence-corrected chi connectivity index (χ3v) is 5.10. The second-order valence-corrected chi connectivity index (χ2v) is 7.68. The van der Waals surface area contributed by atoms with Crippen LogP contribution in [0.15, 0.2) is 53.6 Å². The van der Waals surface area contributed by atoms with Gasteiger partial charge in [0.25, 0.3) is 0 Å². The summed E-state index contributed by atoms with van der Waals surface area (Å²) in [6.45, 7) is 7.90. The molecule has 0 spiro atoms.